The Labute approximate surface area is 176 Å². The molecule has 2 atom stereocenters. The third kappa shape index (κ3) is 4.09. The maximum Gasteiger partial charge on any atom is 0.276 e. The van der Waals surface area contributed by atoms with E-state index in [1.54, 1.807) is 29.6 Å². The Morgan fingerprint density at radius 2 is 1.97 bits per heavy atom. The first-order chi connectivity index (χ1) is 13.9. The minimum atomic E-state index is -0.501. The molecule has 8 heteroatoms. The number of amides is 1. The first-order valence-corrected chi connectivity index (χ1v) is 11.5. The molecule has 152 valence electrons. The van der Waals surface area contributed by atoms with E-state index in [1.165, 1.54) is 33.7 Å². The predicted octanol–water partition coefficient (Wildman–Crippen LogP) is 4.18. The van der Waals surface area contributed by atoms with Gasteiger partial charge in [0, 0.05) is 13.1 Å². The Morgan fingerprint density at radius 1 is 1.24 bits per heavy atom. The molecule has 5 nitrogen and oxygen atoms in total. The number of thioether (sulfide) groups is 1. The molecular weight excluding hydrogens is 409 g/mol. The topological polar surface area (TPSA) is 55.2 Å². The molecule has 1 saturated heterocycles. The SMILES string of the molecule is CC1CC(C)CN(C(=O)CSc2nc3ccsc3c(=O)n2-c2ccccc2F)C1. The average Bonchev–Trinajstić information content (AvgIpc) is 3.15. The summed E-state index contributed by atoms with van der Waals surface area (Å²) in [6.07, 6.45) is 1.13. The number of hydrogen-bond acceptors (Lipinski definition) is 5. The van der Waals surface area contributed by atoms with Crippen LogP contribution in [0.4, 0.5) is 4.39 Å². The van der Waals surface area contributed by atoms with E-state index in [1.807, 2.05) is 4.90 Å². The van der Waals surface area contributed by atoms with Gasteiger partial charge >= 0.3 is 0 Å². The van der Waals surface area contributed by atoms with Crippen molar-refractivity contribution in [3.63, 3.8) is 0 Å². The van der Waals surface area contributed by atoms with Gasteiger partial charge in [-0.05, 0) is 41.8 Å². The summed E-state index contributed by atoms with van der Waals surface area (Å²) in [7, 11) is 0. The third-order valence-corrected chi connectivity index (χ3v) is 6.90. The smallest absolute Gasteiger partial charge is 0.276 e. The van der Waals surface area contributed by atoms with Gasteiger partial charge in [-0.3, -0.25) is 14.2 Å². The normalized spacial score (nSPS) is 19.6. The third-order valence-electron chi connectivity index (χ3n) is 5.09. The van der Waals surface area contributed by atoms with Crippen LogP contribution in [0.3, 0.4) is 0 Å². The van der Waals surface area contributed by atoms with Crippen molar-refractivity contribution < 1.29 is 9.18 Å². The summed E-state index contributed by atoms with van der Waals surface area (Å²) in [4.78, 5) is 32.3. The van der Waals surface area contributed by atoms with Crippen LogP contribution in [0.5, 0.6) is 0 Å². The zero-order valence-corrected chi connectivity index (χ0v) is 17.9. The van der Waals surface area contributed by atoms with Gasteiger partial charge in [0.05, 0.1) is 17.0 Å². The van der Waals surface area contributed by atoms with Gasteiger partial charge < -0.3 is 4.90 Å². The van der Waals surface area contributed by atoms with Crippen LogP contribution >= 0.6 is 23.1 Å². The average molecular weight is 432 g/mol. The molecule has 0 spiro atoms. The first-order valence-electron chi connectivity index (χ1n) is 9.59. The number of para-hydroxylation sites is 1. The second kappa shape index (κ2) is 8.28. The number of aromatic nitrogens is 2. The standard InChI is InChI=1S/C21H22FN3O2S2/c1-13-9-14(2)11-24(10-13)18(26)12-29-21-23-16-7-8-28-19(16)20(27)25(21)17-6-4-3-5-15(17)22/h3-8,13-14H,9-12H2,1-2H3. The molecule has 29 heavy (non-hydrogen) atoms. The number of piperidine rings is 1. The van der Waals surface area contributed by atoms with Gasteiger partial charge in [0.25, 0.3) is 5.56 Å². The molecule has 2 aromatic heterocycles. The zero-order chi connectivity index (χ0) is 20.5. The lowest BCUT2D eigenvalue weighted by atomic mass is 9.92. The van der Waals surface area contributed by atoms with Crippen molar-refractivity contribution in [2.45, 2.75) is 25.4 Å². The van der Waals surface area contributed by atoms with Crippen LogP contribution in [-0.4, -0.2) is 39.2 Å². The minimum absolute atomic E-state index is 0.0214. The van der Waals surface area contributed by atoms with E-state index in [4.69, 9.17) is 0 Å². The first kappa shape index (κ1) is 20.1. The van der Waals surface area contributed by atoms with Crippen molar-refractivity contribution in [2.24, 2.45) is 11.8 Å². The lowest BCUT2D eigenvalue weighted by Gasteiger charge is -2.35. The molecule has 1 amide bonds. The van der Waals surface area contributed by atoms with Crippen molar-refractivity contribution in [3.05, 3.63) is 51.9 Å². The summed E-state index contributed by atoms with van der Waals surface area (Å²) in [5.41, 5.74) is 0.406. The fourth-order valence-electron chi connectivity index (χ4n) is 3.92. The zero-order valence-electron chi connectivity index (χ0n) is 16.3. The molecule has 1 aliphatic heterocycles. The van der Waals surface area contributed by atoms with Crippen LogP contribution in [-0.2, 0) is 4.79 Å². The molecule has 0 aliphatic carbocycles. The number of carbonyl (C=O) groups excluding carboxylic acids is 1. The van der Waals surface area contributed by atoms with Gasteiger partial charge in [-0.15, -0.1) is 11.3 Å². The Bertz CT molecular complexity index is 1100. The van der Waals surface area contributed by atoms with Crippen molar-refractivity contribution in [1.82, 2.24) is 14.5 Å². The highest BCUT2D eigenvalue weighted by Gasteiger charge is 2.26. The van der Waals surface area contributed by atoms with Crippen molar-refractivity contribution >= 4 is 39.2 Å². The van der Waals surface area contributed by atoms with Gasteiger partial charge in [0.2, 0.25) is 5.91 Å². The summed E-state index contributed by atoms with van der Waals surface area (Å²) in [6.45, 7) is 5.82. The molecule has 1 aromatic carbocycles. The fraction of sp³-hybridized carbons (Fsp3) is 0.381. The molecule has 0 saturated carbocycles. The lowest BCUT2D eigenvalue weighted by Crippen LogP contribution is -2.43. The van der Waals surface area contributed by atoms with Crippen molar-refractivity contribution in [2.75, 3.05) is 18.8 Å². The van der Waals surface area contributed by atoms with Crippen LogP contribution in [0.2, 0.25) is 0 Å². The lowest BCUT2D eigenvalue weighted by molar-refractivity contribution is -0.130. The molecule has 1 fully saturated rings. The van der Waals surface area contributed by atoms with Crippen molar-refractivity contribution in [3.8, 4) is 5.69 Å². The second-order valence-corrected chi connectivity index (χ2v) is 9.51. The van der Waals surface area contributed by atoms with E-state index < -0.39 is 5.82 Å². The quantitative estimate of drug-likeness (QED) is 0.459. The number of fused-ring (bicyclic) bond motifs is 1. The van der Waals surface area contributed by atoms with E-state index in [-0.39, 0.29) is 22.9 Å². The highest BCUT2D eigenvalue weighted by atomic mass is 32.2. The van der Waals surface area contributed by atoms with Gasteiger partial charge in [-0.2, -0.15) is 0 Å². The molecule has 0 bridgehead atoms. The number of hydrogen-bond donors (Lipinski definition) is 0. The summed E-state index contributed by atoms with van der Waals surface area (Å²) in [5, 5.41) is 2.12. The van der Waals surface area contributed by atoms with Crippen LogP contribution in [0.15, 0.2) is 45.7 Å². The van der Waals surface area contributed by atoms with Gasteiger partial charge in [0.1, 0.15) is 10.5 Å². The van der Waals surface area contributed by atoms with Crippen molar-refractivity contribution in [1.29, 1.82) is 0 Å². The fourth-order valence-corrected chi connectivity index (χ4v) is 5.59. The molecule has 2 unspecified atom stereocenters. The molecule has 3 aromatic rings. The van der Waals surface area contributed by atoms with E-state index in [0.29, 0.717) is 27.2 Å². The highest BCUT2D eigenvalue weighted by molar-refractivity contribution is 7.99. The van der Waals surface area contributed by atoms with E-state index in [9.17, 15) is 14.0 Å². The molecule has 0 radical (unpaired) electrons. The Kier molecular flexibility index (Phi) is 5.74. The molecule has 0 N–H and O–H groups in total. The van der Waals surface area contributed by atoms with Crippen LogP contribution < -0.4 is 5.56 Å². The van der Waals surface area contributed by atoms with Crippen LogP contribution in [0.1, 0.15) is 20.3 Å². The molecular formula is C21H22FN3O2S2. The summed E-state index contributed by atoms with van der Waals surface area (Å²) in [6, 6.07) is 7.90. The second-order valence-electron chi connectivity index (χ2n) is 7.65. The van der Waals surface area contributed by atoms with Crippen LogP contribution in [0, 0.1) is 17.7 Å². The maximum absolute atomic E-state index is 14.5. The van der Waals surface area contributed by atoms with Gasteiger partial charge in [0.15, 0.2) is 5.16 Å². The van der Waals surface area contributed by atoms with E-state index in [2.05, 4.69) is 18.8 Å². The molecule has 1 aliphatic rings. The summed E-state index contributed by atoms with van der Waals surface area (Å²) < 4.78 is 16.2. The van der Waals surface area contributed by atoms with Crippen LogP contribution in [0.25, 0.3) is 15.9 Å². The number of nitrogens with zero attached hydrogens (tertiary/aromatic N) is 3. The predicted molar refractivity (Wildman–Crippen MR) is 115 cm³/mol. The molecule has 3 heterocycles. The Balaban J connectivity index is 1.66. The Morgan fingerprint density at radius 3 is 2.69 bits per heavy atom. The number of likely N-dealkylation sites (tertiary alicyclic amines) is 1. The highest BCUT2D eigenvalue weighted by Crippen LogP contribution is 2.26. The van der Waals surface area contributed by atoms with E-state index in [0.717, 1.165) is 19.5 Å². The maximum atomic E-state index is 14.5. The number of benzene rings is 1. The monoisotopic (exact) mass is 431 g/mol. The largest absolute Gasteiger partial charge is 0.341 e. The number of carbonyl (C=O) groups is 1. The number of halogens is 1. The van der Waals surface area contributed by atoms with E-state index >= 15 is 0 Å². The summed E-state index contributed by atoms with van der Waals surface area (Å²) >= 11 is 2.47. The summed E-state index contributed by atoms with van der Waals surface area (Å²) in [5.74, 6) is 0.636. The molecule has 4 rings (SSSR count). The number of thiophene rings is 1. The van der Waals surface area contributed by atoms with Gasteiger partial charge in [-0.1, -0.05) is 37.7 Å². The number of rotatable bonds is 4. The minimum Gasteiger partial charge on any atom is -0.341 e. The Hall–Kier alpha value is -2.19. The van der Waals surface area contributed by atoms with Gasteiger partial charge in [-0.25, -0.2) is 9.37 Å².